The van der Waals surface area contributed by atoms with Gasteiger partial charge in [-0.3, -0.25) is 9.59 Å². The van der Waals surface area contributed by atoms with Gasteiger partial charge in [0.1, 0.15) is 6.04 Å². The van der Waals surface area contributed by atoms with Crippen LogP contribution in [0.4, 0.5) is 0 Å². The summed E-state index contributed by atoms with van der Waals surface area (Å²) in [5.41, 5.74) is 2.63. The smallest absolute Gasteiger partial charge is 0.265 e. The van der Waals surface area contributed by atoms with Crippen molar-refractivity contribution in [3.05, 3.63) is 71.8 Å². The number of hydrogen-bond acceptors (Lipinski definition) is 4. The van der Waals surface area contributed by atoms with Crippen LogP contribution in [0.1, 0.15) is 24.5 Å². The molecule has 0 saturated carbocycles. The highest BCUT2D eigenvalue weighted by Gasteiger charge is 2.31. The summed E-state index contributed by atoms with van der Waals surface area (Å²) >= 11 is 0. The van der Waals surface area contributed by atoms with Gasteiger partial charge in [-0.1, -0.05) is 65.8 Å². The SMILES string of the molecule is CCNC(=O)[C@H](Cc1ccccc1)NC(=O)[C@H]1CC(c2ccccc2)=NO1. The predicted octanol–water partition coefficient (Wildman–Crippen LogP) is 2.04. The molecule has 0 spiro atoms. The standard InChI is InChI=1S/C21H23N3O3/c1-2-22-20(25)18(13-15-9-5-3-6-10-15)23-21(26)19-14-17(24-27-19)16-11-7-4-8-12-16/h3-12,18-19H,2,13-14H2,1H3,(H,22,25)(H,23,26)/t18-,19+/m0/s1. The minimum atomic E-state index is -0.729. The molecule has 3 rings (SSSR count). The van der Waals surface area contributed by atoms with Crippen molar-refractivity contribution in [2.24, 2.45) is 5.16 Å². The summed E-state index contributed by atoms with van der Waals surface area (Å²) in [5, 5.41) is 9.62. The number of nitrogens with zero attached hydrogens (tertiary/aromatic N) is 1. The Hall–Kier alpha value is -3.15. The first kappa shape index (κ1) is 18.6. The van der Waals surface area contributed by atoms with Gasteiger partial charge in [-0.2, -0.15) is 0 Å². The first-order chi connectivity index (χ1) is 13.2. The zero-order chi connectivity index (χ0) is 19.1. The lowest BCUT2D eigenvalue weighted by molar-refractivity contribution is -0.135. The number of oxime groups is 1. The summed E-state index contributed by atoms with van der Waals surface area (Å²) in [6.07, 6.45) is 0.0637. The van der Waals surface area contributed by atoms with E-state index in [0.717, 1.165) is 16.8 Å². The Bertz CT molecular complexity index is 806. The third-order valence-corrected chi connectivity index (χ3v) is 4.33. The maximum absolute atomic E-state index is 12.6. The van der Waals surface area contributed by atoms with Crippen molar-refractivity contribution in [1.82, 2.24) is 10.6 Å². The van der Waals surface area contributed by atoms with Crippen molar-refractivity contribution in [2.45, 2.75) is 31.9 Å². The molecule has 1 heterocycles. The van der Waals surface area contributed by atoms with Crippen LogP contribution in [0, 0.1) is 0 Å². The Morgan fingerprint density at radius 2 is 1.78 bits per heavy atom. The first-order valence-electron chi connectivity index (χ1n) is 9.07. The van der Waals surface area contributed by atoms with E-state index in [-0.39, 0.29) is 11.8 Å². The molecule has 6 nitrogen and oxygen atoms in total. The van der Waals surface area contributed by atoms with Crippen LogP contribution in [-0.4, -0.2) is 36.2 Å². The van der Waals surface area contributed by atoms with Gasteiger partial charge in [0.05, 0.1) is 5.71 Å². The molecule has 27 heavy (non-hydrogen) atoms. The van der Waals surface area contributed by atoms with Gasteiger partial charge >= 0.3 is 0 Å². The summed E-state index contributed by atoms with van der Waals surface area (Å²) in [5.74, 6) is -0.547. The van der Waals surface area contributed by atoms with E-state index in [1.165, 1.54) is 0 Å². The number of benzene rings is 2. The monoisotopic (exact) mass is 365 g/mol. The third kappa shape index (κ3) is 4.94. The van der Waals surface area contributed by atoms with Crippen molar-refractivity contribution >= 4 is 17.5 Å². The van der Waals surface area contributed by atoms with E-state index in [4.69, 9.17) is 4.84 Å². The molecule has 1 aliphatic heterocycles. The Balaban J connectivity index is 1.63. The number of carbonyl (C=O) groups is 2. The second-order valence-electron chi connectivity index (χ2n) is 6.35. The molecule has 2 atom stereocenters. The number of nitrogens with one attached hydrogen (secondary N) is 2. The first-order valence-corrected chi connectivity index (χ1v) is 9.07. The largest absolute Gasteiger partial charge is 0.382 e. The molecule has 0 aliphatic carbocycles. The van der Waals surface area contributed by atoms with Crippen molar-refractivity contribution in [2.75, 3.05) is 6.54 Å². The lowest BCUT2D eigenvalue weighted by atomic mass is 10.0. The fourth-order valence-electron chi connectivity index (χ4n) is 2.94. The van der Waals surface area contributed by atoms with Crippen molar-refractivity contribution in [3.8, 4) is 0 Å². The third-order valence-electron chi connectivity index (χ3n) is 4.33. The minimum Gasteiger partial charge on any atom is -0.382 e. The molecular weight excluding hydrogens is 342 g/mol. The molecule has 1 aliphatic rings. The molecule has 2 aromatic rings. The van der Waals surface area contributed by atoms with Gasteiger partial charge in [0.25, 0.3) is 5.91 Å². The summed E-state index contributed by atoms with van der Waals surface area (Å²) in [6.45, 7) is 2.35. The molecule has 0 radical (unpaired) electrons. The summed E-state index contributed by atoms with van der Waals surface area (Å²) < 4.78 is 0. The van der Waals surface area contributed by atoms with E-state index in [1.807, 2.05) is 67.6 Å². The highest BCUT2D eigenvalue weighted by molar-refractivity contribution is 6.04. The van der Waals surface area contributed by atoms with Gasteiger partial charge in [-0.05, 0) is 18.1 Å². The van der Waals surface area contributed by atoms with Gasteiger partial charge in [-0.25, -0.2) is 0 Å². The molecular formula is C21H23N3O3. The van der Waals surface area contributed by atoms with Gasteiger partial charge < -0.3 is 15.5 Å². The quantitative estimate of drug-likeness (QED) is 0.788. The lowest BCUT2D eigenvalue weighted by Crippen LogP contribution is -2.50. The van der Waals surface area contributed by atoms with Crippen LogP contribution in [0.2, 0.25) is 0 Å². The average Bonchev–Trinajstić information content (AvgIpc) is 3.19. The Morgan fingerprint density at radius 3 is 2.44 bits per heavy atom. The maximum atomic E-state index is 12.6. The molecule has 2 aromatic carbocycles. The number of hydrogen-bond donors (Lipinski definition) is 2. The zero-order valence-electron chi connectivity index (χ0n) is 15.2. The Kier molecular flexibility index (Phi) is 6.20. The van der Waals surface area contributed by atoms with E-state index in [2.05, 4.69) is 15.8 Å². The second kappa shape index (κ2) is 8.98. The van der Waals surface area contributed by atoms with Crippen LogP contribution in [-0.2, 0) is 20.8 Å². The van der Waals surface area contributed by atoms with Crippen molar-refractivity contribution in [1.29, 1.82) is 0 Å². The average molecular weight is 365 g/mol. The van der Waals surface area contributed by atoms with Crippen LogP contribution in [0.3, 0.4) is 0 Å². The minimum absolute atomic E-state index is 0.211. The molecule has 2 amide bonds. The molecule has 0 fully saturated rings. The van der Waals surface area contributed by atoms with Gasteiger partial charge in [0.2, 0.25) is 12.0 Å². The zero-order valence-corrected chi connectivity index (χ0v) is 15.2. The fourth-order valence-corrected chi connectivity index (χ4v) is 2.94. The van der Waals surface area contributed by atoms with Gasteiger partial charge in [0, 0.05) is 19.4 Å². The highest BCUT2D eigenvalue weighted by atomic mass is 16.6. The van der Waals surface area contributed by atoms with E-state index in [1.54, 1.807) is 0 Å². The van der Waals surface area contributed by atoms with Crippen molar-refractivity contribution < 1.29 is 14.4 Å². The van der Waals surface area contributed by atoms with Crippen LogP contribution in [0.5, 0.6) is 0 Å². The van der Waals surface area contributed by atoms with Crippen LogP contribution in [0.25, 0.3) is 0 Å². The summed E-state index contributed by atoms with van der Waals surface area (Å²) in [4.78, 5) is 30.3. The second-order valence-corrected chi connectivity index (χ2v) is 6.35. The number of rotatable bonds is 7. The Morgan fingerprint density at radius 1 is 1.11 bits per heavy atom. The number of likely N-dealkylation sites (N-methyl/N-ethyl adjacent to an activating group) is 1. The molecule has 140 valence electrons. The number of carbonyl (C=O) groups excluding carboxylic acids is 2. The topological polar surface area (TPSA) is 79.8 Å². The summed E-state index contributed by atoms with van der Waals surface area (Å²) in [6, 6.07) is 18.5. The normalized spacial score (nSPS) is 16.8. The van der Waals surface area contributed by atoms with Crippen molar-refractivity contribution in [3.63, 3.8) is 0 Å². The van der Waals surface area contributed by atoms with Gasteiger partial charge in [-0.15, -0.1) is 0 Å². The fraction of sp³-hybridized carbons (Fsp3) is 0.286. The molecule has 0 aromatic heterocycles. The Labute approximate surface area is 158 Å². The molecule has 2 N–H and O–H groups in total. The molecule has 0 saturated heterocycles. The lowest BCUT2D eigenvalue weighted by Gasteiger charge is -2.19. The predicted molar refractivity (Wildman–Crippen MR) is 103 cm³/mol. The van der Waals surface area contributed by atoms with E-state index >= 15 is 0 Å². The maximum Gasteiger partial charge on any atom is 0.265 e. The molecule has 6 heteroatoms. The highest BCUT2D eigenvalue weighted by Crippen LogP contribution is 2.17. The van der Waals surface area contributed by atoms with E-state index in [9.17, 15) is 9.59 Å². The number of amides is 2. The van der Waals surface area contributed by atoms with Crippen LogP contribution in [0.15, 0.2) is 65.8 Å². The van der Waals surface area contributed by atoms with Crippen LogP contribution >= 0.6 is 0 Å². The van der Waals surface area contributed by atoms with Gasteiger partial charge in [0.15, 0.2) is 0 Å². The summed E-state index contributed by atoms with van der Waals surface area (Å²) in [7, 11) is 0. The van der Waals surface area contributed by atoms with E-state index in [0.29, 0.717) is 19.4 Å². The molecule has 0 unspecified atom stereocenters. The van der Waals surface area contributed by atoms with Crippen LogP contribution < -0.4 is 10.6 Å². The molecule has 0 bridgehead atoms. The van der Waals surface area contributed by atoms with E-state index < -0.39 is 12.1 Å².